The van der Waals surface area contributed by atoms with Crippen LogP contribution in [0.2, 0.25) is 5.02 Å². The molecule has 6 nitrogen and oxygen atoms in total. The summed E-state index contributed by atoms with van der Waals surface area (Å²) in [5.41, 5.74) is 0.260. The molecule has 2 heterocycles. The zero-order valence-corrected chi connectivity index (χ0v) is 18.6. The quantitative estimate of drug-likeness (QED) is 0.462. The molecule has 0 bridgehead atoms. The van der Waals surface area contributed by atoms with Gasteiger partial charge >= 0.3 is 6.18 Å². The lowest BCUT2D eigenvalue weighted by Gasteiger charge is -2.29. The Morgan fingerprint density at radius 1 is 1.15 bits per heavy atom. The number of pyridine rings is 1. The van der Waals surface area contributed by atoms with E-state index in [1.807, 2.05) is 0 Å². The number of rotatable bonds is 6. The number of hydrogen-bond acceptors (Lipinski definition) is 4. The molecule has 3 aromatic rings. The van der Waals surface area contributed by atoms with Crippen LogP contribution in [0.4, 0.5) is 17.6 Å². The third-order valence-corrected chi connectivity index (χ3v) is 5.99. The third kappa shape index (κ3) is 5.85. The van der Waals surface area contributed by atoms with Crippen molar-refractivity contribution < 1.29 is 27.1 Å². The lowest BCUT2D eigenvalue weighted by atomic mass is 9.91. The van der Waals surface area contributed by atoms with Gasteiger partial charge in [0.05, 0.1) is 28.5 Å². The van der Waals surface area contributed by atoms with Crippen LogP contribution in [-0.4, -0.2) is 33.3 Å². The van der Waals surface area contributed by atoms with Crippen LogP contribution >= 0.6 is 11.6 Å². The molecule has 0 unspecified atom stereocenters. The van der Waals surface area contributed by atoms with Crippen LogP contribution in [-0.2, 0) is 11.0 Å². The van der Waals surface area contributed by atoms with E-state index in [-0.39, 0.29) is 35.4 Å². The molecule has 1 aromatic carbocycles. The van der Waals surface area contributed by atoms with Gasteiger partial charge in [0.15, 0.2) is 6.61 Å². The van der Waals surface area contributed by atoms with Gasteiger partial charge in [0, 0.05) is 30.1 Å². The Labute approximate surface area is 197 Å². The highest BCUT2D eigenvalue weighted by molar-refractivity contribution is 6.30. The molecule has 1 amide bonds. The van der Waals surface area contributed by atoms with Gasteiger partial charge in [-0.3, -0.25) is 14.5 Å². The summed E-state index contributed by atoms with van der Waals surface area (Å²) in [6.45, 7) is -0.232. The van der Waals surface area contributed by atoms with Crippen LogP contribution in [0.25, 0.3) is 11.3 Å². The average Bonchev–Trinajstić information content (AvgIpc) is 3.30. The molecule has 180 valence electrons. The van der Waals surface area contributed by atoms with E-state index in [9.17, 15) is 22.4 Å². The van der Waals surface area contributed by atoms with Gasteiger partial charge in [-0.1, -0.05) is 11.6 Å². The van der Waals surface area contributed by atoms with Crippen molar-refractivity contribution in [2.45, 2.75) is 43.9 Å². The zero-order chi connectivity index (χ0) is 24.3. The average molecular weight is 497 g/mol. The van der Waals surface area contributed by atoms with Gasteiger partial charge < -0.3 is 10.1 Å². The van der Waals surface area contributed by atoms with E-state index in [2.05, 4.69) is 15.4 Å². The summed E-state index contributed by atoms with van der Waals surface area (Å²) in [4.78, 5) is 16.1. The highest BCUT2D eigenvalue weighted by Gasteiger charge is 2.31. The van der Waals surface area contributed by atoms with Crippen LogP contribution in [0.3, 0.4) is 0 Å². The SMILES string of the molecule is O=C(COc1ccc(Cl)c(F)c1)NC1CCC(n2cc(-c3ccc(C(F)(F)F)cn3)cn2)CC1. The molecular formula is C23H21ClF4N4O2. The van der Waals surface area contributed by atoms with Crippen LogP contribution in [0.15, 0.2) is 48.9 Å². The van der Waals surface area contributed by atoms with E-state index in [0.717, 1.165) is 44.0 Å². The first-order valence-corrected chi connectivity index (χ1v) is 11.0. The van der Waals surface area contributed by atoms with Crippen molar-refractivity contribution in [1.82, 2.24) is 20.1 Å². The van der Waals surface area contributed by atoms with E-state index >= 15 is 0 Å². The number of amides is 1. The van der Waals surface area contributed by atoms with Crippen LogP contribution < -0.4 is 10.1 Å². The number of carbonyl (C=O) groups excluding carboxylic acids is 1. The molecule has 0 aliphatic heterocycles. The minimum atomic E-state index is -4.43. The molecule has 0 saturated heterocycles. The molecule has 2 aromatic heterocycles. The maximum absolute atomic E-state index is 13.4. The molecule has 34 heavy (non-hydrogen) atoms. The van der Waals surface area contributed by atoms with Gasteiger partial charge in [0.2, 0.25) is 0 Å². The lowest BCUT2D eigenvalue weighted by Crippen LogP contribution is -2.40. The van der Waals surface area contributed by atoms with Gasteiger partial charge in [-0.05, 0) is 49.9 Å². The van der Waals surface area contributed by atoms with Gasteiger partial charge in [-0.2, -0.15) is 18.3 Å². The Morgan fingerprint density at radius 2 is 1.91 bits per heavy atom. The Kier molecular flexibility index (Phi) is 7.06. The maximum atomic E-state index is 13.4. The van der Waals surface area contributed by atoms with E-state index in [1.54, 1.807) is 17.1 Å². The second kappa shape index (κ2) is 10.0. The van der Waals surface area contributed by atoms with E-state index in [4.69, 9.17) is 16.3 Å². The summed E-state index contributed by atoms with van der Waals surface area (Å²) in [7, 11) is 0. The van der Waals surface area contributed by atoms with Gasteiger partial charge in [0.1, 0.15) is 11.6 Å². The van der Waals surface area contributed by atoms with Crippen LogP contribution in [0.5, 0.6) is 5.75 Å². The van der Waals surface area contributed by atoms with E-state index < -0.39 is 17.6 Å². The Balaban J connectivity index is 1.26. The smallest absolute Gasteiger partial charge is 0.417 e. The number of hydrogen-bond donors (Lipinski definition) is 1. The molecule has 1 aliphatic rings. The van der Waals surface area contributed by atoms with Crippen molar-refractivity contribution in [2.75, 3.05) is 6.61 Å². The summed E-state index contributed by atoms with van der Waals surface area (Å²) >= 11 is 5.62. The molecular weight excluding hydrogens is 476 g/mol. The number of aromatic nitrogens is 3. The molecule has 1 fully saturated rings. The summed E-state index contributed by atoms with van der Waals surface area (Å²) in [6.07, 6.45) is 2.76. The van der Waals surface area contributed by atoms with Gasteiger partial charge in [0.25, 0.3) is 5.91 Å². The van der Waals surface area contributed by atoms with Gasteiger partial charge in [-0.15, -0.1) is 0 Å². The summed E-state index contributed by atoms with van der Waals surface area (Å²) in [5, 5.41) is 7.26. The van der Waals surface area contributed by atoms with Crippen LogP contribution in [0.1, 0.15) is 37.3 Å². The van der Waals surface area contributed by atoms with Crippen molar-refractivity contribution >= 4 is 17.5 Å². The fourth-order valence-corrected chi connectivity index (χ4v) is 3.99. The van der Waals surface area contributed by atoms with Crippen molar-refractivity contribution in [1.29, 1.82) is 0 Å². The number of alkyl halides is 3. The first-order valence-electron chi connectivity index (χ1n) is 10.6. The van der Waals surface area contributed by atoms with Crippen LogP contribution in [0, 0.1) is 5.82 Å². The predicted octanol–water partition coefficient (Wildman–Crippen LogP) is 5.44. The minimum Gasteiger partial charge on any atom is -0.484 e. The van der Waals surface area contributed by atoms with Crippen molar-refractivity contribution in [3.05, 3.63) is 65.3 Å². The number of halogens is 5. The van der Waals surface area contributed by atoms with Crippen molar-refractivity contribution in [2.24, 2.45) is 0 Å². The molecule has 11 heteroatoms. The molecule has 1 N–H and O–H groups in total. The normalized spacial score (nSPS) is 18.5. The summed E-state index contributed by atoms with van der Waals surface area (Å²) < 4.78 is 58.7. The molecule has 4 rings (SSSR count). The molecule has 0 radical (unpaired) electrons. The maximum Gasteiger partial charge on any atom is 0.417 e. The monoisotopic (exact) mass is 496 g/mol. The number of nitrogens with zero attached hydrogens (tertiary/aromatic N) is 3. The van der Waals surface area contributed by atoms with E-state index in [1.165, 1.54) is 18.2 Å². The number of benzene rings is 1. The first-order chi connectivity index (χ1) is 16.2. The fourth-order valence-electron chi connectivity index (χ4n) is 3.87. The topological polar surface area (TPSA) is 69.0 Å². The number of carbonyl (C=O) groups is 1. The van der Waals surface area contributed by atoms with Crippen molar-refractivity contribution in [3.8, 4) is 17.0 Å². The second-order valence-corrected chi connectivity index (χ2v) is 8.48. The third-order valence-electron chi connectivity index (χ3n) is 5.69. The summed E-state index contributed by atoms with van der Waals surface area (Å²) in [6, 6.07) is 6.41. The highest BCUT2D eigenvalue weighted by atomic mass is 35.5. The van der Waals surface area contributed by atoms with E-state index in [0.29, 0.717) is 11.3 Å². The largest absolute Gasteiger partial charge is 0.484 e. The standard InChI is InChI=1S/C23H21ClF4N4O2/c24-19-7-6-18(9-20(19)25)34-13-22(33)31-16-2-4-17(5-3-16)32-12-14(10-30-32)21-8-1-15(11-29-21)23(26,27)28/h1,6-12,16-17H,2-5,13H2,(H,31,33). The highest BCUT2D eigenvalue weighted by Crippen LogP contribution is 2.31. The fraction of sp³-hybridized carbons (Fsp3) is 0.348. The lowest BCUT2D eigenvalue weighted by molar-refractivity contribution is -0.137. The predicted molar refractivity (Wildman–Crippen MR) is 117 cm³/mol. The molecule has 1 aliphatic carbocycles. The Bertz CT molecular complexity index is 1140. The van der Waals surface area contributed by atoms with Gasteiger partial charge in [-0.25, -0.2) is 4.39 Å². The number of ether oxygens (including phenoxy) is 1. The minimum absolute atomic E-state index is 0.0130. The van der Waals surface area contributed by atoms with Crippen molar-refractivity contribution in [3.63, 3.8) is 0 Å². The zero-order valence-electron chi connectivity index (χ0n) is 17.9. The Hall–Kier alpha value is -3.14. The number of nitrogens with one attached hydrogen (secondary N) is 1. The molecule has 1 saturated carbocycles. The Morgan fingerprint density at radius 3 is 2.56 bits per heavy atom. The first kappa shape index (κ1) is 24.0. The molecule has 0 atom stereocenters. The second-order valence-electron chi connectivity index (χ2n) is 8.08. The molecule has 0 spiro atoms. The summed E-state index contributed by atoms with van der Waals surface area (Å²) in [5.74, 6) is -0.694.